The van der Waals surface area contributed by atoms with Gasteiger partial charge in [0.2, 0.25) is 0 Å². The average Bonchev–Trinajstić information content (AvgIpc) is 3.20. The Morgan fingerprint density at radius 2 is 1.90 bits per heavy atom. The number of ether oxygens (including phenoxy) is 2. The van der Waals surface area contributed by atoms with Crippen LogP contribution in [0.5, 0.6) is 5.75 Å². The molecule has 29 heavy (non-hydrogen) atoms. The Bertz CT molecular complexity index is 912. The van der Waals surface area contributed by atoms with Gasteiger partial charge in [0.15, 0.2) is 0 Å². The predicted molar refractivity (Wildman–Crippen MR) is 112 cm³/mol. The number of morpholine rings is 1. The van der Waals surface area contributed by atoms with Crippen LogP contribution in [0.3, 0.4) is 0 Å². The molecule has 6 nitrogen and oxygen atoms in total. The van der Waals surface area contributed by atoms with Gasteiger partial charge in [0.1, 0.15) is 5.75 Å². The maximum atomic E-state index is 13.2. The molecule has 2 aromatic carbocycles. The number of hydrogen-bond donors (Lipinski definition) is 0. The molecule has 0 unspecified atom stereocenters. The van der Waals surface area contributed by atoms with Crippen LogP contribution in [-0.4, -0.2) is 61.5 Å². The SMILES string of the molecule is COc1ccccc1C1=NN(C(=O)CN2CCOCC2)[C@@H](c2ccccc2Cl)C1. The van der Waals surface area contributed by atoms with Gasteiger partial charge in [0, 0.05) is 30.1 Å². The zero-order chi connectivity index (χ0) is 20.2. The van der Waals surface area contributed by atoms with Crippen molar-refractivity contribution in [3.8, 4) is 5.75 Å². The number of halogens is 1. The average molecular weight is 414 g/mol. The molecule has 7 heteroatoms. The van der Waals surface area contributed by atoms with Crippen molar-refractivity contribution in [2.24, 2.45) is 5.10 Å². The van der Waals surface area contributed by atoms with E-state index in [0.717, 1.165) is 35.7 Å². The van der Waals surface area contributed by atoms with E-state index >= 15 is 0 Å². The van der Waals surface area contributed by atoms with Gasteiger partial charge in [-0.15, -0.1) is 0 Å². The molecule has 2 aliphatic rings. The first-order chi connectivity index (χ1) is 14.2. The molecule has 0 N–H and O–H groups in total. The summed E-state index contributed by atoms with van der Waals surface area (Å²) >= 11 is 6.48. The van der Waals surface area contributed by atoms with Crippen LogP contribution in [0.2, 0.25) is 5.02 Å². The van der Waals surface area contributed by atoms with Crippen molar-refractivity contribution in [1.29, 1.82) is 0 Å². The number of carbonyl (C=O) groups excluding carboxylic acids is 1. The Labute approximate surface area is 175 Å². The van der Waals surface area contributed by atoms with E-state index in [9.17, 15) is 4.79 Å². The van der Waals surface area contributed by atoms with Gasteiger partial charge in [-0.25, -0.2) is 5.01 Å². The van der Waals surface area contributed by atoms with E-state index in [0.29, 0.717) is 31.2 Å². The normalized spacial score (nSPS) is 19.9. The summed E-state index contributed by atoms with van der Waals surface area (Å²) in [6.45, 7) is 3.11. The summed E-state index contributed by atoms with van der Waals surface area (Å²) in [5.74, 6) is 0.702. The number of nitrogens with zero attached hydrogens (tertiary/aromatic N) is 3. The van der Waals surface area contributed by atoms with Crippen molar-refractivity contribution in [1.82, 2.24) is 9.91 Å². The second-order valence-electron chi connectivity index (χ2n) is 7.12. The van der Waals surface area contributed by atoms with Crippen molar-refractivity contribution in [3.05, 3.63) is 64.7 Å². The summed E-state index contributed by atoms with van der Waals surface area (Å²) in [4.78, 5) is 15.3. The lowest BCUT2D eigenvalue weighted by molar-refractivity contribution is -0.135. The highest BCUT2D eigenvalue weighted by molar-refractivity contribution is 6.31. The molecular weight excluding hydrogens is 390 g/mol. The highest BCUT2D eigenvalue weighted by atomic mass is 35.5. The fraction of sp³-hybridized carbons (Fsp3) is 0.364. The van der Waals surface area contributed by atoms with Gasteiger partial charge < -0.3 is 9.47 Å². The van der Waals surface area contributed by atoms with Gasteiger partial charge in [0.05, 0.1) is 38.6 Å². The number of amides is 1. The van der Waals surface area contributed by atoms with Gasteiger partial charge in [-0.2, -0.15) is 5.10 Å². The van der Waals surface area contributed by atoms with Gasteiger partial charge in [-0.3, -0.25) is 9.69 Å². The molecule has 1 saturated heterocycles. The van der Waals surface area contributed by atoms with Crippen LogP contribution in [0.4, 0.5) is 0 Å². The highest BCUT2D eigenvalue weighted by Crippen LogP contribution is 2.37. The molecule has 1 atom stereocenters. The molecule has 0 aliphatic carbocycles. The molecule has 0 saturated carbocycles. The summed E-state index contributed by atoms with van der Waals surface area (Å²) in [5.41, 5.74) is 2.62. The zero-order valence-corrected chi connectivity index (χ0v) is 17.1. The van der Waals surface area contributed by atoms with Crippen LogP contribution in [0.1, 0.15) is 23.6 Å². The smallest absolute Gasteiger partial charge is 0.257 e. The Balaban J connectivity index is 1.65. The van der Waals surface area contributed by atoms with Crippen LogP contribution in [0.15, 0.2) is 53.6 Å². The van der Waals surface area contributed by atoms with Crippen LogP contribution in [0.25, 0.3) is 0 Å². The molecule has 152 valence electrons. The summed E-state index contributed by atoms with van der Waals surface area (Å²) < 4.78 is 10.9. The first-order valence-corrected chi connectivity index (χ1v) is 10.1. The van der Waals surface area contributed by atoms with Crippen LogP contribution in [-0.2, 0) is 9.53 Å². The molecule has 2 aromatic rings. The third kappa shape index (κ3) is 4.29. The Kier molecular flexibility index (Phi) is 6.13. The molecule has 1 amide bonds. The predicted octanol–water partition coefficient (Wildman–Crippen LogP) is 3.36. The minimum absolute atomic E-state index is 0.0401. The van der Waals surface area contributed by atoms with E-state index in [2.05, 4.69) is 4.90 Å². The molecule has 2 aliphatic heterocycles. The number of hydrazone groups is 1. The molecule has 4 rings (SSSR count). The lowest BCUT2D eigenvalue weighted by Crippen LogP contribution is -2.43. The van der Waals surface area contributed by atoms with Gasteiger partial charge >= 0.3 is 0 Å². The summed E-state index contributed by atoms with van der Waals surface area (Å²) in [6.07, 6.45) is 0.582. The van der Waals surface area contributed by atoms with Gasteiger partial charge in [-0.05, 0) is 23.8 Å². The molecule has 0 aromatic heterocycles. The van der Waals surface area contributed by atoms with Gasteiger partial charge in [0.25, 0.3) is 5.91 Å². The van der Waals surface area contributed by atoms with Crippen molar-refractivity contribution in [2.75, 3.05) is 40.0 Å². The lowest BCUT2D eigenvalue weighted by atomic mass is 9.98. The van der Waals surface area contributed by atoms with E-state index in [1.807, 2.05) is 48.5 Å². The van der Waals surface area contributed by atoms with E-state index < -0.39 is 0 Å². The largest absolute Gasteiger partial charge is 0.496 e. The standard InChI is InChI=1S/C22H24ClN3O3/c1-28-21-9-5-3-7-17(21)19-14-20(16-6-2-4-8-18(16)23)26(24-19)22(27)15-25-10-12-29-13-11-25/h2-9,20H,10-15H2,1H3/t20-/m1/s1. The molecule has 0 radical (unpaired) electrons. The maximum Gasteiger partial charge on any atom is 0.257 e. The maximum absolute atomic E-state index is 13.2. The fourth-order valence-corrected chi connectivity index (χ4v) is 4.06. The first-order valence-electron chi connectivity index (χ1n) is 9.75. The van der Waals surface area contributed by atoms with Crippen molar-refractivity contribution >= 4 is 23.2 Å². The minimum atomic E-state index is -0.239. The topological polar surface area (TPSA) is 54.4 Å². The molecule has 2 heterocycles. The van der Waals surface area contributed by atoms with Crippen molar-refractivity contribution in [3.63, 3.8) is 0 Å². The number of benzene rings is 2. The Morgan fingerprint density at radius 3 is 2.66 bits per heavy atom. The minimum Gasteiger partial charge on any atom is -0.496 e. The highest BCUT2D eigenvalue weighted by Gasteiger charge is 2.35. The summed E-state index contributed by atoms with van der Waals surface area (Å²) in [5, 5.41) is 6.97. The Morgan fingerprint density at radius 1 is 1.17 bits per heavy atom. The molecule has 0 bridgehead atoms. The lowest BCUT2D eigenvalue weighted by Gasteiger charge is -2.29. The molecule has 0 spiro atoms. The number of para-hydroxylation sites is 1. The summed E-state index contributed by atoms with van der Waals surface area (Å²) in [7, 11) is 1.64. The molecule has 1 fully saturated rings. The monoisotopic (exact) mass is 413 g/mol. The van der Waals surface area contributed by atoms with E-state index in [1.54, 1.807) is 12.1 Å². The van der Waals surface area contributed by atoms with Crippen LogP contribution < -0.4 is 4.74 Å². The Hall–Kier alpha value is -2.41. The number of methoxy groups -OCH3 is 1. The van der Waals surface area contributed by atoms with Crippen LogP contribution >= 0.6 is 11.6 Å². The van der Waals surface area contributed by atoms with Crippen LogP contribution in [0, 0.1) is 0 Å². The quantitative estimate of drug-likeness (QED) is 0.754. The van der Waals surface area contributed by atoms with Crippen molar-refractivity contribution < 1.29 is 14.3 Å². The van der Waals surface area contributed by atoms with E-state index in [-0.39, 0.29) is 11.9 Å². The van der Waals surface area contributed by atoms with Gasteiger partial charge in [-0.1, -0.05) is 41.9 Å². The molecular formula is C22H24ClN3O3. The third-order valence-electron chi connectivity index (χ3n) is 5.31. The second-order valence-corrected chi connectivity index (χ2v) is 7.52. The second kappa shape index (κ2) is 8.95. The first kappa shape index (κ1) is 19.9. The van der Waals surface area contributed by atoms with Crippen molar-refractivity contribution in [2.45, 2.75) is 12.5 Å². The number of hydrogen-bond acceptors (Lipinski definition) is 5. The number of rotatable bonds is 5. The summed E-state index contributed by atoms with van der Waals surface area (Å²) in [6, 6.07) is 15.1. The zero-order valence-electron chi connectivity index (χ0n) is 16.4. The third-order valence-corrected chi connectivity index (χ3v) is 5.65. The van der Waals surface area contributed by atoms with E-state index in [4.69, 9.17) is 26.2 Å². The van der Waals surface area contributed by atoms with E-state index in [1.165, 1.54) is 0 Å². The fourth-order valence-electron chi connectivity index (χ4n) is 3.80. The number of carbonyl (C=O) groups is 1.